The fourth-order valence-electron chi connectivity index (χ4n) is 3.69. The standard InChI is InChI=1S/C27H26FN3O3/c1-18-3-10-23(11-4-18)29-16-21-13-20-7-12-24(34-2)14-25(20)31(27(21)33)17-26(32)30-15-19-5-8-22(28)9-6-19/h3-14,29H,15-17H2,1-2H3,(H,30,32). The molecule has 3 aromatic carbocycles. The zero-order valence-corrected chi connectivity index (χ0v) is 19.1. The van der Waals surface area contributed by atoms with E-state index in [2.05, 4.69) is 10.6 Å². The van der Waals surface area contributed by atoms with Crippen LogP contribution in [-0.4, -0.2) is 17.6 Å². The lowest BCUT2D eigenvalue weighted by atomic mass is 10.1. The Labute approximate surface area is 197 Å². The summed E-state index contributed by atoms with van der Waals surface area (Å²) in [7, 11) is 1.55. The van der Waals surface area contributed by atoms with Gasteiger partial charge in [0, 0.05) is 30.4 Å². The van der Waals surface area contributed by atoms with Crippen molar-refractivity contribution in [2.45, 2.75) is 26.6 Å². The number of rotatable bonds is 8. The summed E-state index contributed by atoms with van der Waals surface area (Å²) in [5.41, 5.74) is 3.73. The minimum Gasteiger partial charge on any atom is -0.497 e. The predicted octanol–water partition coefficient (Wildman–Crippen LogP) is 4.39. The van der Waals surface area contributed by atoms with Crippen LogP contribution in [0.4, 0.5) is 10.1 Å². The predicted molar refractivity (Wildman–Crippen MR) is 132 cm³/mol. The molecule has 0 bridgehead atoms. The van der Waals surface area contributed by atoms with Crippen LogP contribution >= 0.6 is 0 Å². The Balaban J connectivity index is 1.60. The smallest absolute Gasteiger partial charge is 0.256 e. The Kier molecular flexibility index (Phi) is 6.92. The summed E-state index contributed by atoms with van der Waals surface area (Å²) in [5, 5.41) is 6.91. The summed E-state index contributed by atoms with van der Waals surface area (Å²) < 4.78 is 19.9. The average molecular weight is 460 g/mol. The normalized spacial score (nSPS) is 10.8. The van der Waals surface area contributed by atoms with Crippen LogP contribution in [0.25, 0.3) is 10.9 Å². The number of hydrogen-bond acceptors (Lipinski definition) is 4. The molecule has 0 fully saturated rings. The Hall–Kier alpha value is -4.13. The molecule has 0 aliphatic rings. The maximum absolute atomic E-state index is 13.4. The number of anilines is 1. The highest BCUT2D eigenvalue weighted by Crippen LogP contribution is 2.21. The van der Waals surface area contributed by atoms with Gasteiger partial charge < -0.3 is 15.4 Å². The molecule has 4 aromatic rings. The van der Waals surface area contributed by atoms with E-state index < -0.39 is 0 Å². The van der Waals surface area contributed by atoms with E-state index in [4.69, 9.17) is 4.74 Å². The molecule has 0 radical (unpaired) electrons. The number of carbonyl (C=O) groups is 1. The molecule has 1 aromatic heterocycles. The first-order valence-electron chi connectivity index (χ1n) is 10.9. The minimum absolute atomic E-state index is 0.151. The van der Waals surface area contributed by atoms with Crippen LogP contribution in [0.3, 0.4) is 0 Å². The molecule has 4 rings (SSSR count). The van der Waals surface area contributed by atoms with Gasteiger partial charge in [-0.15, -0.1) is 0 Å². The molecule has 1 heterocycles. The summed E-state index contributed by atoms with van der Waals surface area (Å²) in [6.45, 7) is 2.42. The maximum Gasteiger partial charge on any atom is 0.256 e. The molecule has 0 aliphatic carbocycles. The number of amides is 1. The highest BCUT2D eigenvalue weighted by atomic mass is 19.1. The first-order chi connectivity index (χ1) is 16.4. The Bertz CT molecular complexity index is 1360. The van der Waals surface area contributed by atoms with Gasteiger partial charge in [0.15, 0.2) is 0 Å². The lowest BCUT2D eigenvalue weighted by Crippen LogP contribution is -2.33. The second-order valence-corrected chi connectivity index (χ2v) is 8.11. The minimum atomic E-state index is -0.335. The van der Waals surface area contributed by atoms with E-state index in [1.165, 1.54) is 16.7 Å². The first kappa shape index (κ1) is 23.0. The third-order valence-corrected chi connectivity index (χ3v) is 5.62. The zero-order valence-electron chi connectivity index (χ0n) is 19.1. The van der Waals surface area contributed by atoms with Crippen LogP contribution < -0.4 is 20.9 Å². The van der Waals surface area contributed by atoms with Crippen molar-refractivity contribution in [1.29, 1.82) is 0 Å². The van der Waals surface area contributed by atoms with Gasteiger partial charge in [-0.3, -0.25) is 14.2 Å². The van der Waals surface area contributed by atoms with E-state index in [1.54, 1.807) is 25.3 Å². The van der Waals surface area contributed by atoms with Crippen molar-refractivity contribution in [3.05, 3.63) is 106 Å². The van der Waals surface area contributed by atoms with E-state index in [0.717, 1.165) is 22.2 Å². The molecule has 0 aliphatic heterocycles. The quantitative estimate of drug-likeness (QED) is 0.410. The van der Waals surface area contributed by atoms with Crippen molar-refractivity contribution in [2.24, 2.45) is 0 Å². The summed E-state index contributed by atoms with van der Waals surface area (Å²) in [5.74, 6) is -0.0600. The van der Waals surface area contributed by atoms with Crippen molar-refractivity contribution < 1.29 is 13.9 Å². The highest BCUT2D eigenvalue weighted by molar-refractivity contribution is 5.84. The largest absolute Gasteiger partial charge is 0.497 e. The average Bonchev–Trinajstić information content (AvgIpc) is 2.85. The second kappa shape index (κ2) is 10.2. The van der Waals surface area contributed by atoms with Gasteiger partial charge in [0.25, 0.3) is 5.56 Å². The van der Waals surface area contributed by atoms with Crippen LogP contribution in [0.15, 0.2) is 77.6 Å². The Morgan fingerprint density at radius 3 is 2.41 bits per heavy atom. The van der Waals surface area contributed by atoms with Crippen molar-refractivity contribution in [1.82, 2.24) is 9.88 Å². The summed E-state index contributed by atoms with van der Waals surface area (Å²) in [4.78, 5) is 26.1. The molecule has 2 N–H and O–H groups in total. The van der Waals surface area contributed by atoms with Gasteiger partial charge in [-0.05, 0) is 60.3 Å². The molecule has 1 amide bonds. The van der Waals surface area contributed by atoms with Gasteiger partial charge in [0.1, 0.15) is 18.1 Å². The summed E-state index contributed by atoms with van der Waals surface area (Å²) in [6.07, 6.45) is 0. The number of methoxy groups -OCH3 is 1. The maximum atomic E-state index is 13.4. The molecule has 174 valence electrons. The Morgan fingerprint density at radius 1 is 0.971 bits per heavy atom. The fourth-order valence-corrected chi connectivity index (χ4v) is 3.69. The molecule has 0 spiro atoms. The van der Waals surface area contributed by atoms with Gasteiger partial charge in [0.05, 0.1) is 12.6 Å². The van der Waals surface area contributed by atoms with Crippen molar-refractivity contribution >= 4 is 22.5 Å². The number of nitrogens with zero attached hydrogens (tertiary/aromatic N) is 1. The van der Waals surface area contributed by atoms with Crippen LogP contribution in [0.2, 0.25) is 0 Å². The summed E-state index contributed by atoms with van der Waals surface area (Å²) in [6, 6.07) is 21.1. The topological polar surface area (TPSA) is 72.4 Å². The second-order valence-electron chi connectivity index (χ2n) is 8.11. The third-order valence-electron chi connectivity index (χ3n) is 5.62. The number of aryl methyl sites for hydroxylation is 1. The van der Waals surface area contributed by atoms with Gasteiger partial charge >= 0.3 is 0 Å². The molecule has 0 atom stereocenters. The number of pyridine rings is 1. The van der Waals surface area contributed by atoms with Crippen LogP contribution in [0.1, 0.15) is 16.7 Å². The first-order valence-corrected chi connectivity index (χ1v) is 10.9. The van der Waals surface area contributed by atoms with Gasteiger partial charge in [-0.25, -0.2) is 4.39 Å². The number of halogens is 1. The lowest BCUT2D eigenvalue weighted by Gasteiger charge is -2.15. The molecule has 0 unspecified atom stereocenters. The highest BCUT2D eigenvalue weighted by Gasteiger charge is 2.14. The molecular formula is C27H26FN3O3. The van der Waals surface area contributed by atoms with E-state index in [1.807, 2.05) is 49.4 Å². The molecule has 7 heteroatoms. The van der Waals surface area contributed by atoms with Crippen molar-refractivity contribution in [3.63, 3.8) is 0 Å². The number of carbonyl (C=O) groups excluding carboxylic acids is 1. The number of ether oxygens (including phenoxy) is 1. The third kappa shape index (κ3) is 5.43. The molecular weight excluding hydrogens is 433 g/mol. The van der Waals surface area contributed by atoms with E-state index >= 15 is 0 Å². The monoisotopic (exact) mass is 459 g/mol. The molecule has 0 saturated carbocycles. The van der Waals surface area contributed by atoms with E-state index in [9.17, 15) is 14.0 Å². The lowest BCUT2D eigenvalue weighted by molar-refractivity contribution is -0.121. The van der Waals surface area contributed by atoms with E-state index in [0.29, 0.717) is 23.4 Å². The molecule has 34 heavy (non-hydrogen) atoms. The van der Waals surface area contributed by atoms with Crippen LogP contribution in [0, 0.1) is 12.7 Å². The van der Waals surface area contributed by atoms with Gasteiger partial charge in [-0.1, -0.05) is 29.8 Å². The SMILES string of the molecule is COc1ccc2cc(CNc3ccc(C)cc3)c(=O)n(CC(=O)NCc3ccc(F)cc3)c2c1. The fraction of sp³-hybridized carbons (Fsp3) is 0.185. The van der Waals surface area contributed by atoms with Crippen LogP contribution in [-0.2, 0) is 24.4 Å². The van der Waals surface area contributed by atoms with Crippen molar-refractivity contribution in [2.75, 3.05) is 12.4 Å². The van der Waals surface area contributed by atoms with Gasteiger partial charge in [-0.2, -0.15) is 0 Å². The van der Waals surface area contributed by atoms with Crippen molar-refractivity contribution in [3.8, 4) is 5.75 Å². The number of benzene rings is 3. The summed E-state index contributed by atoms with van der Waals surface area (Å²) >= 11 is 0. The van der Waals surface area contributed by atoms with E-state index in [-0.39, 0.29) is 30.4 Å². The number of aromatic nitrogens is 1. The van der Waals surface area contributed by atoms with Gasteiger partial charge in [0.2, 0.25) is 5.91 Å². The van der Waals surface area contributed by atoms with Crippen LogP contribution in [0.5, 0.6) is 5.75 Å². The number of fused-ring (bicyclic) bond motifs is 1. The Morgan fingerprint density at radius 2 is 1.71 bits per heavy atom. The number of nitrogens with one attached hydrogen (secondary N) is 2. The number of hydrogen-bond donors (Lipinski definition) is 2. The zero-order chi connectivity index (χ0) is 24.1. The molecule has 0 saturated heterocycles. The molecule has 6 nitrogen and oxygen atoms in total.